The van der Waals surface area contributed by atoms with Gasteiger partial charge in [0.2, 0.25) is 0 Å². The summed E-state index contributed by atoms with van der Waals surface area (Å²) in [4.78, 5) is 0. The van der Waals surface area contributed by atoms with Crippen LogP contribution in [0.3, 0.4) is 0 Å². The quantitative estimate of drug-likeness (QED) is 0.585. The highest BCUT2D eigenvalue weighted by molar-refractivity contribution is 7.80. The Labute approximate surface area is 82.0 Å². The predicted octanol–water partition coefficient (Wildman–Crippen LogP) is 3.29. The second-order valence-corrected chi connectivity index (χ2v) is 3.92. The molecule has 0 spiro atoms. The minimum atomic E-state index is 0.559. The fraction of sp³-hybridized carbons (Fsp3) is 1.00. The van der Waals surface area contributed by atoms with Gasteiger partial charge in [-0.15, -0.1) is 0 Å². The maximum absolute atomic E-state index is 4.36. The van der Waals surface area contributed by atoms with Crippen molar-refractivity contribution in [3.8, 4) is 0 Å². The molecule has 0 N–H and O–H groups in total. The molecule has 2 heteroatoms. The van der Waals surface area contributed by atoms with Crippen LogP contribution < -0.4 is 0 Å². The number of hydrogen-bond donors (Lipinski definition) is 2. The molecule has 1 aliphatic rings. The van der Waals surface area contributed by atoms with Crippen LogP contribution in [0.25, 0.3) is 0 Å². The van der Waals surface area contributed by atoms with Gasteiger partial charge in [0.15, 0.2) is 0 Å². The summed E-state index contributed by atoms with van der Waals surface area (Å²) in [6, 6.07) is 0. The van der Waals surface area contributed by atoms with E-state index < -0.39 is 0 Å². The Bertz CT molecular complexity index is 104. The van der Waals surface area contributed by atoms with Crippen molar-refractivity contribution >= 4 is 25.3 Å². The van der Waals surface area contributed by atoms with E-state index in [2.05, 4.69) is 39.1 Å². The van der Waals surface area contributed by atoms with E-state index in [4.69, 9.17) is 0 Å². The second kappa shape index (κ2) is 5.36. The molecule has 0 amide bonds. The molecule has 2 unspecified atom stereocenters. The fourth-order valence-electron chi connectivity index (χ4n) is 1.64. The SMILES string of the molecule is CC1CCCC1(C)CS.CS. The zero-order chi connectivity index (χ0) is 8.91. The largest absolute Gasteiger partial charge is 0.183 e. The Morgan fingerprint density at radius 2 is 2.00 bits per heavy atom. The van der Waals surface area contributed by atoms with Gasteiger partial charge in [0.1, 0.15) is 0 Å². The van der Waals surface area contributed by atoms with Crippen LogP contribution in [-0.4, -0.2) is 12.0 Å². The summed E-state index contributed by atoms with van der Waals surface area (Å²) in [5.41, 5.74) is 0.559. The standard InChI is InChI=1S/C8H16S.CH4S/c1-7-4-3-5-8(7,2)6-9;1-2/h7,9H,3-6H2,1-2H3;2H,1H3. The smallest absolute Gasteiger partial charge is 0.00413 e. The summed E-state index contributed by atoms with van der Waals surface area (Å²) in [5.74, 6) is 1.96. The van der Waals surface area contributed by atoms with Crippen LogP contribution in [0.2, 0.25) is 0 Å². The summed E-state index contributed by atoms with van der Waals surface area (Å²) < 4.78 is 0. The Hall–Kier alpha value is 0.700. The molecule has 1 rings (SSSR count). The van der Waals surface area contributed by atoms with Crippen LogP contribution in [0.5, 0.6) is 0 Å². The number of rotatable bonds is 1. The van der Waals surface area contributed by atoms with Crippen molar-refractivity contribution in [2.75, 3.05) is 12.0 Å². The lowest BCUT2D eigenvalue weighted by atomic mass is 9.83. The maximum Gasteiger partial charge on any atom is -0.00413 e. The van der Waals surface area contributed by atoms with Crippen LogP contribution >= 0.6 is 25.3 Å². The molecule has 0 aliphatic heterocycles. The summed E-state index contributed by atoms with van der Waals surface area (Å²) in [6.07, 6.45) is 5.91. The summed E-state index contributed by atoms with van der Waals surface area (Å²) in [6.45, 7) is 4.71. The summed E-state index contributed by atoms with van der Waals surface area (Å²) >= 11 is 7.89. The molecule has 0 aromatic carbocycles. The van der Waals surface area contributed by atoms with Crippen molar-refractivity contribution in [3.05, 3.63) is 0 Å². The van der Waals surface area contributed by atoms with Crippen molar-refractivity contribution in [2.24, 2.45) is 11.3 Å². The van der Waals surface area contributed by atoms with E-state index in [0.29, 0.717) is 5.41 Å². The third-order valence-corrected chi connectivity index (χ3v) is 3.66. The van der Waals surface area contributed by atoms with Gasteiger partial charge in [-0.1, -0.05) is 26.7 Å². The van der Waals surface area contributed by atoms with E-state index in [1.54, 1.807) is 6.26 Å². The van der Waals surface area contributed by atoms with E-state index in [0.717, 1.165) is 11.7 Å². The van der Waals surface area contributed by atoms with Gasteiger partial charge < -0.3 is 0 Å². The Kier molecular flexibility index (Phi) is 5.71. The molecule has 1 aliphatic carbocycles. The number of hydrogen-bond acceptors (Lipinski definition) is 2. The van der Waals surface area contributed by atoms with E-state index in [1.165, 1.54) is 19.3 Å². The first kappa shape index (κ1) is 11.7. The first-order chi connectivity index (χ1) is 5.19. The van der Waals surface area contributed by atoms with E-state index in [1.807, 2.05) is 0 Å². The Balaban J connectivity index is 0.000000461. The molecule has 0 heterocycles. The molecule has 0 saturated heterocycles. The lowest BCUT2D eigenvalue weighted by molar-refractivity contribution is 0.290. The van der Waals surface area contributed by atoms with Crippen molar-refractivity contribution in [1.29, 1.82) is 0 Å². The van der Waals surface area contributed by atoms with Gasteiger partial charge in [-0.2, -0.15) is 25.3 Å². The molecule has 2 atom stereocenters. The zero-order valence-corrected chi connectivity index (χ0v) is 9.59. The number of thiol groups is 2. The lowest BCUT2D eigenvalue weighted by Crippen LogP contribution is -2.20. The molecule has 68 valence electrons. The summed E-state index contributed by atoms with van der Waals surface area (Å²) in [5, 5.41) is 0. The molecule has 11 heavy (non-hydrogen) atoms. The van der Waals surface area contributed by atoms with E-state index in [9.17, 15) is 0 Å². The monoisotopic (exact) mass is 192 g/mol. The predicted molar refractivity (Wildman–Crippen MR) is 59.9 cm³/mol. The third-order valence-electron chi connectivity index (χ3n) is 2.94. The van der Waals surface area contributed by atoms with Crippen molar-refractivity contribution in [3.63, 3.8) is 0 Å². The van der Waals surface area contributed by atoms with E-state index in [-0.39, 0.29) is 0 Å². The van der Waals surface area contributed by atoms with Gasteiger partial charge >= 0.3 is 0 Å². The molecular formula is C9H20S2. The highest BCUT2D eigenvalue weighted by Gasteiger charge is 2.33. The maximum atomic E-state index is 4.36. The van der Waals surface area contributed by atoms with Crippen molar-refractivity contribution < 1.29 is 0 Å². The van der Waals surface area contributed by atoms with Crippen LogP contribution in [0.4, 0.5) is 0 Å². The van der Waals surface area contributed by atoms with Gasteiger partial charge in [-0.05, 0) is 29.8 Å². The minimum Gasteiger partial charge on any atom is -0.183 e. The Morgan fingerprint density at radius 1 is 1.45 bits per heavy atom. The van der Waals surface area contributed by atoms with Crippen molar-refractivity contribution in [2.45, 2.75) is 33.1 Å². The van der Waals surface area contributed by atoms with E-state index >= 15 is 0 Å². The first-order valence-electron chi connectivity index (χ1n) is 4.24. The normalized spacial score (nSPS) is 36.3. The van der Waals surface area contributed by atoms with Crippen LogP contribution in [0.1, 0.15) is 33.1 Å². The van der Waals surface area contributed by atoms with Crippen LogP contribution in [-0.2, 0) is 0 Å². The third kappa shape index (κ3) is 2.90. The highest BCUT2D eigenvalue weighted by atomic mass is 32.1. The molecule has 0 aromatic rings. The second-order valence-electron chi connectivity index (χ2n) is 3.61. The topological polar surface area (TPSA) is 0 Å². The van der Waals surface area contributed by atoms with Gasteiger partial charge in [0, 0.05) is 0 Å². The molecule has 0 radical (unpaired) electrons. The molecule has 0 aromatic heterocycles. The van der Waals surface area contributed by atoms with Crippen LogP contribution in [0.15, 0.2) is 0 Å². The van der Waals surface area contributed by atoms with Gasteiger partial charge in [0.05, 0.1) is 0 Å². The van der Waals surface area contributed by atoms with Gasteiger partial charge in [0.25, 0.3) is 0 Å². The fourth-order valence-corrected chi connectivity index (χ4v) is 2.11. The lowest BCUT2D eigenvalue weighted by Gasteiger charge is -2.26. The highest BCUT2D eigenvalue weighted by Crippen LogP contribution is 2.43. The Morgan fingerprint density at radius 3 is 2.18 bits per heavy atom. The molecular weight excluding hydrogens is 172 g/mol. The first-order valence-corrected chi connectivity index (χ1v) is 5.77. The zero-order valence-electron chi connectivity index (χ0n) is 7.80. The summed E-state index contributed by atoms with van der Waals surface area (Å²) in [7, 11) is 0. The van der Waals surface area contributed by atoms with Gasteiger partial charge in [-0.25, -0.2) is 0 Å². The molecule has 0 bridgehead atoms. The molecule has 1 fully saturated rings. The molecule has 1 saturated carbocycles. The van der Waals surface area contributed by atoms with Gasteiger partial charge in [-0.3, -0.25) is 0 Å². The van der Waals surface area contributed by atoms with Crippen molar-refractivity contribution in [1.82, 2.24) is 0 Å². The average molecular weight is 192 g/mol. The van der Waals surface area contributed by atoms with Crippen LogP contribution in [0, 0.1) is 11.3 Å². The average Bonchev–Trinajstić information content (AvgIpc) is 2.38. The molecule has 0 nitrogen and oxygen atoms in total. The minimum absolute atomic E-state index is 0.559.